The van der Waals surface area contributed by atoms with Gasteiger partial charge >= 0.3 is 5.97 Å². The molecule has 138 valence electrons. The van der Waals surface area contributed by atoms with E-state index in [1.165, 1.54) is 6.42 Å². The maximum atomic E-state index is 12.8. The van der Waals surface area contributed by atoms with Gasteiger partial charge in [0.1, 0.15) is 0 Å². The van der Waals surface area contributed by atoms with Gasteiger partial charge in [-0.3, -0.25) is 9.59 Å². The standard InChI is InChI=1S/C21H31NO3/c1-5-25-20(23)13-16-7-9-17(10-8-16)22-21(24)19-12-15(4)6-11-18(19)14(2)3/h7-10,14-15,18-19H,5-6,11-13H2,1-4H3,(H,22,24)/t15-,18+,19-/m1/s1. The summed E-state index contributed by atoms with van der Waals surface area (Å²) in [6.07, 6.45) is 3.58. The molecule has 1 saturated carbocycles. The smallest absolute Gasteiger partial charge is 0.310 e. The molecule has 3 atom stereocenters. The quantitative estimate of drug-likeness (QED) is 0.776. The highest BCUT2D eigenvalue weighted by atomic mass is 16.5. The number of benzene rings is 1. The second-order valence-corrected chi connectivity index (χ2v) is 7.60. The largest absolute Gasteiger partial charge is 0.466 e. The van der Waals surface area contributed by atoms with Gasteiger partial charge in [0.2, 0.25) is 5.91 Å². The third-order valence-electron chi connectivity index (χ3n) is 5.23. The van der Waals surface area contributed by atoms with Crippen LogP contribution >= 0.6 is 0 Å². The molecule has 0 heterocycles. The molecule has 1 fully saturated rings. The predicted octanol–water partition coefficient (Wildman–Crippen LogP) is 4.44. The lowest BCUT2D eigenvalue weighted by Crippen LogP contribution is -2.36. The third-order valence-corrected chi connectivity index (χ3v) is 5.23. The number of hydrogen-bond donors (Lipinski definition) is 1. The Balaban J connectivity index is 1.98. The lowest BCUT2D eigenvalue weighted by molar-refractivity contribution is -0.142. The van der Waals surface area contributed by atoms with Gasteiger partial charge in [0.25, 0.3) is 0 Å². The predicted molar refractivity (Wildman–Crippen MR) is 100 cm³/mol. The summed E-state index contributed by atoms with van der Waals surface area (Å²) in [5, 5.41) is 3.07. The van der Waals surface area contributed by atoms with E-state index in [4.69, 9.17) is 4.74 Å². The fourth-order valence-electron chi connectivity index (χ4n) is 3.82. The number of carbonyl (C=O) groups is 2. The Morgan fingerprint density at radius 2 is 1.88 bits per heavy atom. The van der Waals surface area contributed by atoms with Crippen LogP contribution < -0.4 is 5.32 Å². The molecule has 1 aliphatic carbocycles. The van der Waals surface area contributed by atoms with Gasteiger partial charge in [-0.1, -0.05) is 39.3 Å². The zero-order valence-electron chi connectivity index (χ0n) is 15.9. The van der Waals surface area contributed by atoms with Crippen LogP contribution in [0.25, 0.3) is 0 Å². The van der Waals surface area contributed by atoms with Crippen molar-refractivity contribution in [3.63, 3.8) is 0 Å². The Labute approximate surface area is 151 Å². The molecular formula is C21H31NO3. The van der Waals surface area contributed by atoms with Gasteiger partial charge in [0, 0.05) is 11.6 Å². The molecule has 0 bridgehead atoms. The van der Waals surface area contributed by atoms with Gasteiger partial charge in [0.15, 0.2) is 0 Å². The first-order valence-electron chi connectivity index (χ1n) is 9.46. The number of nitrogens with one attached hydrogen (secondary N) is 1. The van der Waals surface area contributed by atoms with E-state index in [0.717, 1.165) is 24.1 Å². The second-order valence-electron chi connectivity index (χ2n) is 7.60. The minimum Gasteiger partial charge on any atom is -0.466 e. The molecule has 0 spiro atoms. The fourth-order valence-corrected chi connectivity index (χ4v) is 3.82. The number of anilines is 1. The molecule has 1 N–H and O–H groups in total. The Morgan fingerprint density at radius 1 is 1.20 bits per heavy atom. The molecule has 1 aromatic carbocycles. The van der Waals surface area contributed by atoms with Crippen LogP contribution in [0, 0.1) is 23.7 Å². The molecule has 4 heteroatoms. The van der Waals surface area contributed by atoms with E-state index in [-0.39, 0.29) is 24.2 Å². The number of esters is 1. The summed E-state index contributed by atoms with van der Waals surface area (Å²) in [6.45, 7) is 8.86. The lowest BCUT2D eigenvalue weighted by Gasteiger charge is -2.36. The van der Waals surface area contributed by atoms with E-state index in [2.05, 4.69) is 26.1 Å². The Kier molecular flexibility index (Phi) is 7.03. The molecule has 0 aliphatic heterocycles. The molecule has 0 unspecified atom stereocenters. The van der Waals surface area contributed by atoms with Crippen molar-refractivity contribution in [2.45, 2.75) is 53.4 Å². The van der Waals surface area contributed by atoms with Crippen molar-refractivity contribution in [3.8, 4) is 0 Å². The number of ether oxygens (including phenoxy) is 1. The summed E-state index contributed by atoms with van der Waals surface area (Å²) in [6, 6.07) is 7.47. The van der Waals surface area contributed by atoms with E-state index in [1.807, 2.05) is 24.3 Å². The van der Waals surface area contributed by atoms with Crippen molar-refractivity contribution < 1.29 is 14.3 Å². The van der Waals surface area contributed by atoms with E-state index in [9.17, 15) is 9.59 Å². The maximum Gasteiger partial charge on any atom is 0.310 e. The van der Waals surface area contributed by atoms with E-state index in [1.54, 1.807) is 6.92 Å². The van der Waals surface area contributed by atoms with Crippen LogP contribution in [-0.4, -0.2) is 18.5 Å². The number of hydrogen-bond acceptors (Lipinski definition) is 3. The van der Waals surface area contributed by atoms with Crippen molar-refractivity contribution >= 4 is 17.6 Å². The highest BCUT2D eigenvalue weighted by Crippen LogP contribution is 2.38. The molecular weight excluding hydrogens is 314 g/mol. The Morgan fingerprint density at radius 3 is 2.48 bits per heavy atom. The molecule has 1 aliphatic rings. The highest BCUT2D eigenvalue weighted by molar-refractivity contribution is 5.92. The number of rotatable bonds is 6. The molecule has 0 aromatic heterocycles. The van der Waals surface area contributed by atoms with E-state index < -0.39 is 0 Å². The van der Waals surface area contributed by atoms with Crippen LogP contribution in [0.2, 0.25) is 0 Å². The number of carbonyl (C=O) groups excluding carboxylic acids is 2. The van der Waals surface area contributed by atoms with Crippen molar-refractivity contribution in [1.82, 2.24) is 0 Å². The van der Waals surface area contributed by atoms with Crippen molar-refractivity contribution in [1.29, 1.82) is 0 Å². The summed E-state index contributed by atoms with van der Waals surface area (Å²) >= 11 is 0. The average Bonchev–Trinajstić information content (AvgIpc) is 2.56. The Hall–Kier alpha value is -1.84. The average molecular weight is 345 g/mol. The van der Waals surface area contributed by atoms with Crippen molar-refractivity contribution in [2.24, 2.45) is 23.7 Å². The number of amides is 1. The molecule has 4 nitrogen and oxygen atoms in total. The zero-order chi connectivity index (χ0) is 18.4. The minimum atomic E-state index is -0.227. The van der Waals surface area contributed by atoms with E-state index in [0.29, 0.717) is 24.4 Å². The summed E-state index contributed by atoms with van der Waals surface area (Å²) < 4.78 is 4.96. The molecule has 1 amide bonds. The van der Waals surface area contributed by atoms with Gasteiger partial charge in [-0.2, -0.15) is 0 Å². The van der Waals surface area contributed by atoms with Crippen LogP contribution in [0.15, 0.2) is 24.3 Å². The topological polar surface area (TPSA) is 55.4 Å². The van der Waals surface area contributed by atoms with Gasteiger partial charge < -0.3 is 10.1 Å². The van der Waals surface area contributed by atoms with Crippen LogP contribution in [-0.2, 0) is 20.7 Å². The van der Waals surface area contributed by atoms with Crippen LogP contribution in [0.1, 0.15) is 52.5 Å². The van der Waals surface area contributed by atoms with Gasteiger partial charge in [-0.15, -0.1) is 0 Å². The van der Waals surface area contributed by atoms with Crippen molar-refractivity contribution in [3.05, 3.63) is 29.8 Å². The summed E-state index contributed by atoms with van der Waals surface area (Å²) in [5.74, 6) is 1.58. The first kappa shape index (κ1) is 19.5. The molecule has 1 aromatic rings. The first-order chi connectivity index (χ1) is 11.9. The highest BCUT2D eigenvalue weighted by Gasteiger charge is 2.35. The first-order valence-corrected chi connectivity index (χ1v) is 9.46. The van der Waals surface area contributed by atoms with Crippen molar-refractivity contribution in [2.75, 3.05) is 11.9 Å². The van der Waals surface area contributed by atoms with Gasteiger partial charge in [-0.05, 0) is 55.2 Å². The van der Waals surface area contributed by atoms with Crippen LogP contribution in [0.5, 0.6) is 0 Å². The SMILES string of the molecule is CCOC(=O)Cc1ccc(NC(=O)[C@@H]2C[C@H](C)CC[C@H]2C(C)C)cc1. The normalized spacial score (nSPS) is 23.3. The second kappa shape index (κ2) is 9.02. The summed E-state index contributed by atoms with van der Waals surface area (Å²) in [7, 11) is 0. The maximum absolute atomic E-state index is 12.8. The molecule has 25 heavy (non-hydrogen) atoms. The zero-order valence-corrected chi connectivity index (χ0v) is 15.9. The molecule has 0 radical (unpaired) electrons. The van der Waals surface area contributed by atoms with Crippen LogP contribution in [0.3, 0.4) is 0 Å². The van der Waals surface area contributed by atoms with Crippen LogP contribution in [0.4, 0.5) is 5.69 Å². The third kappa shape index (κ3) is 5.58. The summed E-state index contributed by atoms with van der Waals surface area (Å²) in [5.41, 5.74) is 1.68. The molecule has 0 saturated heterocycles. The fraction of sp³-hybridized carbons (Fsp3) is 0.619. The monoisotopic (exact) mass is 345 g/mol. The lowest BCUT2D eigenvalue weighted by atomic mass is 9.70. The summed E-state index contributed by atoms with van der Waals surface area (Å²) in [4.78, 5) is 24.3. The van der Waals surface area contributed by atoms with Gasteiger partial charge in [0.05, 0.1) is 13.0 Å². The van der Waals surface area contributed by atoms with E-state index >= 15 is 0 Å². The minimum absolute atomic E-state index is 0.0861. The molecule has 2 rings (SSSR count). The Bertz CT molecular complexity index is 579. The van der Waals surface area contributed by atoms with Gasteiger partial charge in [-0.25, -0.2) is 0 Å².